The van der Waals surface area contributed by atoms with E-state index in [2.05, 4.69) is 5.32 Å². The molecule has 2 amide bonds. The third-order valence-corrected chi connectivity index (χ3v) is 6.19. The van der Waals surface area contributed by atoms with Gasteiger partial charge >= 0.3 is 0 Å². The maximum atomic E-state index is 13.5. The number of anilines is 1. The molecule has 1 aliphatic carbocycles. The zero-order valence-electron chi connectivity index (χ0n) is 16.2. The van der Waals surface area contributed by atoms with Gasteiger partial charge in [0.2, 0.25) is 11.8 Å². The van der Waals surface area contributed by atoms with Gasteiger partial charge in [-0.2, -0.15) is 0 Å². The largest absolute Gasteiger partial charge is 0.324 e. The second-order valence-corrected chi connectivity index (χ2v) is 8.38. The summed E-state index contributed by atoms with van der Waals surface area (Å²) in [5.74, 6) is -0.0608. The topological polar surface area (TPSA) is 49.4 Å². The molecule has 152 valence electrons. The van der Waals surface area contributed by atoms with Gasteiger partial charge in [0.25, 0.3) is 0 Å². The van der Waals surface area contributed by atoms with Crippen LogP contribution in [0.1, 0.15) is 55.7 Å². The molecule has 2 aromatic carbocycles. The number of benzene rings is 2. The highest BCUT2D eigenvalue weighted by atomic mass is 35.5. The Morgan fingerprint density at radius 1 is 1.14 bits per heavy atom. The van der Waals surface area contributed by atoms with Crippen LogP contribution in [0.15, 0.2) is 42.5 Å². The van der Waals surface area contributed by atoms with Crippen LogP contribution in [-0.4, -0.2) is 23.3 Å². The molecule has 1 fully saturated rings. The van der Waals surface area contributed by atoms with Crippen molar-refractivity contribution in [1.82, 2.24) is 4.90 Å². The minimum absolute atomic E-state index is 0.0438. The zero-order chi connectivity index (χ0) is 20.4. The number of hydrogen-bond acceptors (Lipinski definition) is 2. The van der Waals surface area contributed by atoms with Crippen molar-refractivity contribution in [3.63, 3.8) is 0 Å². The van der Waals surface area contributed by atoms with E-state index in [9.17, 15) is 14.0 Å². The van der Waals surface area contributed by atoms with E-state index in [-0.39, 0.29) is 24.2 Å². The molecule has 4 nitrogen and oxygen atoms in total. The summed E-state index contributed by atoms with van der Waals surface area (Å²) >= 11 is 6.24. The highest BCUT2D eigenvalue weighted by Crippen LogP contribution is 2.38. The molecule has 1 aliphatic heterocycles. The third kappa shape index (κ3) is 4.45. The molecule has 1 saturated carbocycles. The Bertz CT molecular complexity index is 910. The van der Waals surface area contributed by atoms with Gasteiger partial charge in [0.05, 0.1) is 6.04 Å². The number of amides is 2. The Balaban J connectivity index is 1.70. The molecular weight excluding hydrogens is 391 g/mol. The summed E-state index contributed by atoms with van der Waals surface area (Å²) in [5.41, 5.74) is 2.12. The maximum Gasteiger partial charge on any atom is 0.244 e. The van der Waals surface area contributed by atoms with Gasteiger partial charge < -0.3 is 10.2 Å². The van der Waals surface area contributed by atoms with Crippen LogP contribution < -0.4 is 5.32 Å². The Morgan fingerprint density at radius 3 is 2.59 bits per heavy atom. The van der Waals surface area contributed by atoms with Crippen molar-refractivity contribution in [1.29, 1.82) is 0 Å². The molecule has 6 heteroatoms. The highest BCUT2D eigenvalue weighted by Gasteiger charge is 2.33. The molecule has 0 unspecified atom stereocenters. The second-order valence-electron chi connectivity index (χ2n) is 7.94. The minimum atomic E-state index is -0.501. The number of nitrogens with zero attached hydrogens (tertiary/aromatic N) is 1. The molecule has 4 rings (SSSR count). The lowest BCUT2D eigenvalue weighted by Crippen LogP contribution is -2.39. The number of carbonyl (C=O) groups excluding carboxylic acids is 2. The fraction of sp³-hybridized carbons (Fsp3) is 0.391. The van der Waals surface area contributed by atoms with Crippen molar-refractivity contribution in [2.24, 2.45) is 5.92 Å². The van der Waals surface area contributed by atoms with Crippen LogP contribution in [0.4, 0.5) is 10.1 Å². The molecule has 2 aliphatic rings. The van der Waals surface area contributed by atoms with E-state index < -0.39 is 6.04 Å². The Labute approximate surface area is 175 Å². The number of rotatable bonds is 4. The summed E-state index contributed by atoms with van der Waals surface area (Å²) < 4.78 is 13.5. The Morgan fingerprint density at radius 2 is 1.86 bits per heavy atom. The molecule has 0 aromatic heterocycles. The van der Waals surface area contributed by atoms with Crippen LogP contribution in [0.2, 0.25) is 5.02 Å². The van der Waals surface area contributed by atoms with Gasteiger partial charge in [-0.1, -0.05) is 49.4 Å². The van der Waals surface area contributed by atoms with Crippen LogP contribution in [-0.2, 0) is 9.59 Å². The number of halogens is 2. The van der Waals surface area contributed by atoms with E-state index >= 15 is 0 Å². The van der Waals surface area contributed by atoms with Crippen molar-refractivity contribution in [3.8, 4) is 0 Å². The van der Waals surface area contributed by atoms with Crippen LogP contribution in [0.5, 0.6) is 0 Å². The van der Waals surface area contributed by atoms with Gasteiger partial charge in [0.15, 0.2) is 0 Å². The molecule has 29 heavy (non-hydrogen) atoms. The van der Waals surface area contributed by atoms with Gasteiger partial charge in [-0.25, -0.2) is 4.39 Å². The van der Waals surface area contributed by atoms with Crippen molar-refractivity contribution in [3.05, 3.63) is 64.4 Å². The first kappa shape index (κ1) is 19.9. The van der Waals surface area contributed by atoms with E-state index in [1.807, 2.05) is 0 Å². The molecule has 0 saturated heterocycles. The van der Waals surface area contributed by atoms with Crippen molar-refractivity contribution < 1.29 is 14.0 Å². The van der Waals surface area contributed by atoms with E-state index in [4.69, 9.17) is 11.6 Å². The highest BCUT2D eigenvalue weighted by molar-refractivity contribution is 6.30. The lowest BCUT2D eigenvalue weighted by Gasteiger charge is -2.31. The lowest BCUT2D eigenvalue weighted by molar-refractivity contribution is -0.136. The molecule has 1 heterocycles. The Kier molecular flexibility index (Phi) is 5.86. The molecule has 1 atom stereocenters. The average Bonchev–Trinajstić information content (AvgIpc) is 3.17. The summed E-state index contributed by atoms with van der Waals surface area (Å²) in [4.78, 5) is 27.4. The second kappa shape index (κ2) is 8.54. The standard InChI is InChI=1S/C23H24ClFN2O2/c24-17-8-11-20-19(13-17)23(16-6-9-18(25)10-7-16)27(14-21(28)26-20)22(29)12-5-15-3-1-2-4-15/h6-11,13,15,23H,1-5,12,14H2,(H,26,28)/t23-/m0/s1. The van der Waals surface area contributed by atoms with Crippen LogP contribution in [0, 0.1) is 11.7 Å². The fourth-order valence-electron chi connectivity index (χ4n) is 4.48. The molecule has 2 aromatic rings. The third-order valence-electron chi connectivity index (χ3n) is 5.96. The van der Waals surface area contributed by atoms with E-state index in [0.29, 0.717) is 23.0 Å². The summed E-state index contributed by atoms with van der Waals surface area (Å²) in [6.07, 6.45) is 6.06. The summed E-state index contributed by atoms with van der Waals surface area (Å²) in [7, 11) is 0. The predicted octanol–water partition coefficient (Wildman–Crippen LogP) is 5.32. The normalized spacial score (nSPS) is 19.6. The molecule has 0 radical (unpaired) electrons. The smallest absolute Gasteiger partial charge is 0.244 e. The SMILES string of the molecule is O=C1CN(C(=O)CCC2CCCC2)[C@@H](c2ccc(F)cc2)c2cc(Cl)ccc2N1. The van der Waals surface area contributed by atoms with Gasteiger partial charge in [-0.3, -0.25) is 9.59 Å². The monoisotopic (exact) mass is 414 g/mol. The van der Waals surface area contributed by atoms with Crippen LogP contribution >= 0.6 is 11.6 Å². The number of hydrogen-bond donors (Lipinski definition) is 1. The van der Waals surface area contributed by atoms with Crippen molar-refractivity contribution >= 4 is 29.1 Å². The van der Waals surface area contributed by atoms with Gasteiger partial charge in [0.1, 0.15) is 12.4 Å². The number of fused-ring (bicyclic) bond motifs is 1. The molecular formula is C23H24ClFN2O2. The Hall–Kier alpha value is -2.40. The number of nitrogens with one attached hydrogen (secondary N) is 1. The summed E-state index contributed by atoms with van der Waals surface area (Å²) in [6, 6.07) is 10.8. The van der Waals surface area contributed by atoms with Crippen molar-refractivity contribution in [2.45, 2.75) is 44.6 Å². The maximum absolute atomic E-state index is 13.5. The minimum Gasteiger partial charge on any atom is -0.324 e. The first-order valence-electron chi connectivity index (χ1n) is 10.2. The quantitative estimate of drug-likeness (QED) is 0.736. The average molecular weight is 415 g/mol. The van der Waals surface area contributed by atoms with E-state index in [1.54, 1.807) is 35.2 Å². The summed E-state index contributed by atoms with van der Waals surface area (Å²) in [6.45, 7) is -0.0438. The molecule has 1 N–H and O–H groups in total. The van der Waals surface area contributed by atoms with Crippen molar-refractivity contribution in [2.75, 3.05) is 11.9 Å². The van der Waals surface area contributed by atoms with Gasteiger partial charge in [-0.05, 0) is 48.2 Å². The van der Waals surface area contributed by atoms with Gasteiger partial charge in [-0.15, -0.1) is 0 Å². The number of carbonyl (C=O) groups is 2. The van der Waals surface area contributed by atoms with E-state index in [0.717, 1.165) is 17.5 Å². The summed E-state index contributed by atoms with van der Waals surface area (Å²) in [5, 5.41) is 3.40. The zero-order valence-corrected chi connectivity index (χ0v) is 16.9. The van der Waals surface area contributed by atoms with Crippen LogP contribution in [0.3, 0.4) is 0 Å². The molecule has 0 bridgehead atoms. The molecule has 0 spiro atoms. The first-order chi connectivity index (χ1) is 14.0. The first-order valence-corrected chi connectivity index (χ1v) is 10.5. The van der Waals surface area contributed by atoms with Crippen LogP contribution in [0.25, 0.3) is 0 Å². The van der Waals surface area contributed by atoms with Gasteiger partial charge in [0, 0.05) is 22.7 Å². The fourth-order valence-corrected chi connectivity index (χ4v) is 4.66. The predicted molar refractivity (Wildman–Crippen MR) is 111 cm³/mol. The van der Waals surface area contributed by atoms with E-state index in [1.165, 1.54) is 37.8 Å². The lowest BCUT2D eigenvalue weighted by atomic mass is 9.94.